The Balaban J connectivity index is 1.83. The highest BCUT2D eigenvalue weighted by molar-refractivity contribution is 5.75. The lowest BCUT2D eigenvalue weighted by atomic mass is 9.94. The van der Waals surface area contributed by atoms with E-state index in [1.807, 2.05) is 31.2 Å². The van der Waals surface area contributed by atoms with Gasteiger partial charge in [-0.25, -0.2) is 0 Å². The van der Waals surface area contributed by atoms with E-state index in [2.05, 4.69) is 5.32 Å². The average Bonchev–Trinajstić information content (AvgIpc) is 2.43. The Morgan fingerprint density at radius 2 is 2.22 bits per heavy atom. The summed E-state index contributed by atoms with van der Waals surface area (Å²) in [6.45, 7) is 4.02. The lowest BCUT2D eigenvalue weighted by Gasteiger charge is -2.24. The number of anilines is 1. The minimum atomic E-state index is -0.142. The molecular weight excluding hydrogens is 230 g/mol. The lowest BCUT2D eigenvalue weighted by Crippen LogP contribution is -2.31. The molecule has 18 heavy (non-hydrogen) atoms. The maximum Gasteiger partial charge on any atom is 0.311 e. The normalized spacial score (nSPS) is 17.7. The Labute approximate surface area is 107 Å². The molecule has 0 radical (unpaired) electrons. The van der Waals surface area contributed by atoms with Crippen LogP contribution in [0.25, 0.3) is 0 Å². The minimum absolute atomic E-state index is 0.0958. The van der Waals surface area contributed by atoms with Crippen LogP contribution in [0, 0.1) is 5.92 Å². The van der Waals surface area contributed by atoms with Crippen LogP contribution >= 0.6 is 0 Å². The van der Waals surface area contributed by atoms with Crippen LogP contribution in [0.4, 0.5) is 5.69 Å². The summed E-state index contributed by atoms with van der Waals surface area (Å²) in [6, 6.07) is 8.06. The number of esters is 1. The number of nitrogens with one attached hydrogen (secondary N) is 1. The molecule has 0 fully saturated rings. The fraction of sp³-hybridized carbons (Fsp3) is 0.500. The second-order valence-electron chi connectivity index (χ2n) is 4.30. The van der Waals surface area contributed by atoms with Crippen LogP contribution in [0.3, 0.4) is 0 Å². The van der Waals surface area contributed by atoms with Crippen LogP contribution in [0.5, 0.6) is 0 Å². The molecule has 1 unspecified atom stereocenters. The summed E-state index contributed by atoms with van der Waals surface area (Å²) in [5.41, 5.74) is 2.30. The average molecular weight is 249 g/mol. The second-order valence-corrected chi connectivity index (χ2v) is 4.30. The molecule has 1 aromatic carbocycles. The summed E-state index contributed by atoms with van der Waals surface area (Å²) in [5, 5.41) is 3.26. The summed E-state index contributed by atoms with van der Waals surface area (Å²) in [6.07, 6.45) is 0.747. The first-order valence-electron chi connectivity index (χ1n) is 6.37. The van der Waals surface area contributed by atoms with Gasteiger partial charge in [-0.3, -0.25) is 4.79 Å². The molecule has 1 N–H and O–H groups in total. The zero-order valence-electron chi connectivity index (χ0n) is 10.6. The van der Waals surface area contributed by atoms with Gasteiger partial charge in [-0.2, -0.15) is 0 Å². The number of fused-ring (bicyclic) bond motifs is 1. The molecule has 0 saturated heterocycles. The van der Waals surface area contributed by atoms with E-state index in [0.717, 1.165) is 12.1 Å². The summed E-state index contributed by atoms with van der Waals surface area (Å²) in [7, 11) is 0. The Hall–Kier alpha value is -1.55. The van der Waals surface area contributed by atoms with E-state index in [1.54, 1.807) is 0 Å². The van der Waals surface area contributed by atoms with E-state index < -0.39 is 0 Å². The SMILES string of the molecule is CCOCCOC(=O)C1CNc2ccccc2C1. The maximum absolute atomic E-state index is 11.9. The molecule has 0 bridgehead atoms. The molecule has 0 aromatic heterocycles. The molecule has 2 rings (SSSR count). The van der Waals surface area contributed by atoms with Crippen molar-refractivity contribution in [1.29, 1.82) is 0 Å². The third-order valence-electron chi connectivity index (χ3n) is 3.03. The van der Waals surface area contributed by atoms with Gasteiger partial charge in [0.05, 0.1) is 12.5 Å². The highest BCUT2D eigenvalue weighted by atomic mass is 16.6. The molecule has 1 aliphatic heterocycles. The van der Waals surface area contributed by atoms with Crippen LogP contribution in [-0.2, 0) is 20.7 Å². The first kappa shape index (κ1) is 12.9. The quantitative estimate of drug-likeness (QED) is 0.639. The largest absolute Gasteiger partial charge is 0.463 e. The Bertz CT molecular complexity index is 406. The topological polar surface area (TPSA) is 47.6 Å². The van der Waals surface area contributed by atoms with Crippen molar-refractivity contribution in [1.82, 2.24) is 0 Å². The number of ether oxygens (including phenoxy) is 2. The van der Waals surface area contributed by atoms with Gasteiger partial charge < -0.3 is 14.8 Å². The molecule has 1 aliphatic rings. The van der Waals surface area contributed by atoms with Crippen LogP contribution in [0.15, 0.2) is 24.3 Å². The van der Waals surface area contributed by atoms with Crippen LogP contribution in [-0.4, -0.2) is 32.3 Å². The van der Waals surface area contributed by atoms with Crippen molar-refractivity contribution in [2.75, 3.05) is 31.7 Å². The van der Waals surface area contributed by atoms with Crippen molar-refractivity contribution < 1.29 is 14.3 Å². The third kappa shape index (κ3) is 3.23. The molecule has 0 aliphatic carbocycles. The van der Waals surface area contributed by atoms with Gasteiger partial charge in [0.25, 0.3) is 0 Å². The van der Waals surface area contributed by atoms with E-state index in [-0.39, 0.29) is 11.9 Å². The molecule has 1 aromatic rings. The molecule has 0 saturated carbocycles. The van der Waals surface area contributed by atoms with Gasteiger partial charge >= 0.3 is 5.97 Å². The van der Waals surface area contributed by atoms with Gasteiger partial charge in [-0.1, -0.05) is 18.2 Å². The number of carbonyl (C=O) groups is 1. The van der Waals surface area contributed by atoms with Gasteiger partial charge in [-0.05, 0) is 25.0 Å². The van der Waals surface area contributed by atoms with Gasteiger partial charge in [0, 0.05) is 18.8 Å². The molecule has 1 heterocycles. The van der Waals surface area contributed by atoms with Gasteiger partial charge in [0.2, 0.25) is 0 Å². The first-order valence-corrected chi connectivity index (χ1v) is 6.37. The summed E-state index contributed by atoms with van der Waals surface area (Å²) < 4.78 is 10.3. The smallest absolute Gasteiger partial charge is 0.311 e. The standard InChI is InChI=1S/C14H19NO3/c1-2-17-7-8-18-14(16)12-9-11-5-3-4-6-13(11)15-10-12/h3-6,12,15H,2,7-10H2,1H3. The summed E-state index contributed by atoms with van der Waals surface area (Å²) >= 11 is 0. The number of benzene rings is 1. The van der Waals surface area contributed by atoms with Crippen LogP contribution in [0.1, 0.15) is 12.5 Å². The number of hydrogen-bond donors (Lipinski definition) is 1. The zero-order chi connectivity index (χ0) is 12.8. The van der Waals surface area contributed by atoms with Gasteiger partial charge in [0.1, 0.15) is 6.61 Å². The minimum Gasteiger partial charge on any atom is -0.463 e. The van der Waals surface area contributed by atoms with Gasteiger partial charge in [0.15, 0.2) is 0 Å². The fourth-order valence-corrected chi connectivity index (χ4v) is 2.07. The molecule has 0 amide bonds. The highest BCUT2D eigenvalue weighted by Crippen LogP contribution is 2.24. The monoisotopic (exact) mass is 249 g/mol. The predicted molar refractivity (Wildman–Crippen MR) is 69.6 cm³/mol. The molecule has 0 spiro atoms. The van der Waals surface area contributed by atoms with Crippen molar-refractivity contribution in [2.24, 2.45) is 5.92 Å². The van der Waals surface area contributed by atoms with E-state index in [4.69, 9.17) is 9.47 Å². The maximum atomic E-state index is 11.9. The molecule has 1 atom stereocenters. The fourth-order valence-electron chi connectivity index (χ4n) is 2.07. The van der Waals surface area contributed by atoms with Crippen molar-refractivity contribution in [3.63, 3.8) is 0 Å². The lowest BCUT2D eigenvalue weighted by molar-refractivity contribution is -0.149. The van der Waals surface area contributed by atoms with Crippen LogP contribution in [0.2, 0.25) is 0 Å². The van der Waals surface area contributed by atoms with Crippen molar-refractivity contribution in [3.8, 4) is 0 Å². The van der Waals surface area contributed by atoms with Crippen molar-refractivity contribution in [2.45, 2.75) is 13.3 Å². The summed E-state index contributed by atoms with van der Waals surface area (Å²) in [4.78, 5) is 11.9. The van der Waals surface area contributed by atoms with E-state index in [1.165, 1.54) is 5.56 Å². The van der Waals surface area contributed by atoms with E-state index in [9.17, 15) is 4.79 Å². The van der Waals surface area contributed by atoms with Crippen molar-refractivity contribution in [3.05, 3.63) is 29.8 Å². The second kappa shape index (κ2) is 6.40. The zero-order valence-corrected chi connectivity index (χ0v) is 10.6. The molecule has 4 heteroatoms. The van der Waals surface area contributed by atoms with E-state index >= 15 is 0 Å². The Kier molecular flexibility index (Phi) is 4.59. The van der Waals surface area contributed by atoms with E-state index in [0.29, 0.717) is 26.4 Å². The first-order chi connectivity index (χ1) is 8.81. The van der Waals surface area contributed by atoms with Gasteiger partial charge in [-0.15, -0.1) is 0 Å². The van der Waals surface area contributed by atoms with Crippen LogP contribution < -0.4 is 5.32 Å². The molecular formula is C14H19NO3. The number of rotatable bonds is 5. The number of hydrogen-bond acceptors (Lipinski definition) is 4. The summed E-state index contributed by atoms with van der Waals surface area (Å²) in [5.74, 6) is -0.238. The number of carbonyl (C=O) groups excluding carboxylic acids is 1. The Morgan fingerprint density at radius 1 is 1.39 bits per heavy atom. The highest BCUT2D eigenvalue weighted by Gasteiger charge is 2.25. The molecule has 4 nitrogen and oxygen atoms in total. The Morgan fingerprint density at radius 3 is 3.06 bits per heavy atom. The number of para-hydroxylation sites is 1. The predicted octanol–water partition coefficient (Wildman–Crippen LogP) is 1.85. The van der Waals surface area contributed by atoms with Crippen molar-refractivity contribution >= 4 is 11.7 Å². The third-order valence-corrected chi connectivity index (χ3v) is 3.03. The molecule has 98 valence electrons.